The summed E-state index contributed by atoms with van der Waals surface area (Å²) in [4.78, 5) is 26.8. The van der Waals surface area contributed by atoms with Gasteiger partial charge >= 0.3 is 7.60 Å². The van der Waals surface area contributed by atoms with E-state index < -0.39 is 13.5 Å². The van der Waals surface area contributed by atoms with Crippen molar-refractivity contribution in [1.82, 2.24) is 9.47 Å². The number of hydrogen-bond donors (Lipinski definition) is 0. The summed E-state index contributed by atoms with van der Waals surface area (Å²) in [6.45, 7) is 4.28. The van der Waals surface area contributed by atoms with Gasteiger partial charge in [-0.3, -0.25) is 19.1 Å². The lowest BCUT2D eigenvalue weighted by Gasteiger charge is -2.25. The Balaban J connectivity index is 2.09. The molecule has 0 aliphatic carbocycles. The fraction of sp³-hybridized carbons (Fsp3) is 0.368. The SMILES string of the molecule is CCOP(=O)(OCC)c1c2c(c3n1CCc1ccccc1-3)C(=O)N(C)C2=O. The Morgan fingerprint density at radius 3 is 2.33 bits per heavy atom. The number of amides is 2. The molecule has 1 aromatic carbocycles. The Morgan fingerprint density at radius 2 is 1.67 bits per heavy atom. The molecule has 3 heterocycles. The van der Waals surface area contributed by atoms with Gasteiger partial charge < -0.3 is 13.6 Å². The van der Waals surface area contributed by atoms with Gasteiger partial charge in [0.25, 0.3) is 11.8 Å². The molecule has 2 aromatic rings. The van der Waals surface area contributed by atoms with E-state index in [2.05, 4.69) is 0 Å². The molecule has 2 aliphatic rings. The summed E-state index contributed by atoms with van der Waals surface area (Å²) < 4.78 is 26.5. The van der Waals surface area contributed by atoms with E-state index in [1.54, 1.807) is 18.4 Å². The number of imide groups is 1. The van der Waals surface area contributed by atoms with Gasteiger partial charge in [0.15, 0.2) is 0 Å². The summed E-state index contributed by atoms with van der Waals surface area (Å²) >= 11 is 0. The van der Waals surface area contributed by atoms with Gasteiger partial charge in [0.05, 0.1) is 30.0 Å². The molecule has 0 saturated carbocycles. The van der Waals surface area contributed by atoms with Gasteiger partial charge in [0.2, 0.25) is 0 Å². The van der Waals surface area contributed by atoms with Gasteiger partial charge in [0, 0.05) is 19.2 Å². The summed E-state index contributed by atoms with van der Waals surface area (Å²) in [6.07, 6.45) is 0.709. The van der Waals surface area contributed by atoms with Crippen molar-refractivity contribution in [3.63, 3.8) is 0 Å². The van der Waals surface area contributed by atoms with Crippen molar-refractivity contribution in [2.24, 2.45) is 0 Å². The molecular formula is C19H21N2O5P. The second-order valence-corrected chi connectivity index (χ2v) is 8.42. The molecule has 142 valence electrons. The zero-order valence-corrected chi connectivity index (χ0v) is 16.4. The lowest BCUT2D eigenvalue weighted by atomic mass is 9.96. The third kappa shape index (κ3) is 2.46. The minimum atomic E-state index is -3.76. The number of aromatic nitrogens is 1. The second kappa shape index (κ2) is 6.44. The molecule has 0 unspecified atom stereocenters. The van der Waals surface area contributed by atoms with E-state index >= 15 is 0 Å². The summed E-state index contributed by atoms with van der Waals surface area (Å²) in [5, 5.41) is 0. The molecule has 0 N–H and O–H groups in total. The highest BCUT2D eigenvalue weighted by atomic mass is 31.2. The van der Waals surface area contributed by atoms with Crippen molar-refractivity contribution < 1.29 is 23.2 Å². The van der Waals surface area contributed by atoms with E-state index in [0.29, 0.717) is 24.2 Å². The highest BCUT2D eigenvalue weighted by Crippen LogP contribution is 2.52. The number of carbonyl (C=O) groups is 2. The minimum absolute atomic E-state index is 0.152. The Hall–Kier alpha value is -2.21. The van der Waals surface area contributed by atoms with E-state index in [1.165, 1.54) is 7.05 Å². The van der Waals surface area contributed by atoms with Crippen LogP contribution in [0.3, 0.4) is 0 Å². The first kappa shape index (κ1) is 18.2. The quantitative estimate of drug-likeness (QED) is 0.581. The summed E-state index contributed by atoms with van der Waals surface area (Å²) in [7, 11) is -2.33. The van der Waals surface area contributed by atoms with E-state index in [9.17, 15) is 14.2 Å². The maximum Gasteiger partial charge on any atom is 0.378 e. The fourth-order valence-corrected chi connectivity index (χ4v) is 5.90. The topological polar surface area (TPSA) is 77.8 Å². The number of benzene rings is 1. The molecule has 0 spiro atoms. The molecule has 1 aromatic heterocycles. The predicted octanol–water partition coefficient (Wildman–Crippen LogP) is 2.83. The smallest absolute Gasteiger partial charge is 0.333 e. The van der Waals surface area contributed by atoms with Crippen LogP contribution in [0.2, 0.25) is 0 Å². The van der Waals surface area contributed by atoms with E-state index in [0.717, 1.165) is 16.0 Å². The molecule has 4 rings (SSSR count). The van der Waals surface area contributed by atoms with E-state index in [1.807, 2.05) is 24.3 Å². The monoisotopic (exact) mass is 388 g/mol. The van der Waals surface area contributed by atoms with Crippen LogP contribution in [0.4, 0.5) is 0 Å². The highest BCUT2D eigenvalue weighted by molar-refractivity contribution is 7.62. The lowest BCUT2D eigenvalue weighted by molar-refractivity contribution is 0.0692. The van der Waals surface area contributed by atoms with Gasteiger partial charge in [-0.05, 0) is 25.8 Å². The molecule has 8 heteroatoms. The maximum absolute atomic E-state index is 13.6. The Kier molecular flexibility index (Phi) is 4.34. The number of hydrogen-bond acceptors (Lipinski definition) is 5. The summed E-state index contributed by atoms with van der Waals surface area (Å²) in [6, 6.07) is 7.77. The van der Waals surface area contributed by atoms with Gasteiger partial charge in [-0.2, -0.15) is 0 Å². The Morgan fingerprint density at radius 1 is 1.04 bits per heavy atom. The molecule has 2 amide bonds. The zero-order chi connectivity index (χ0) is 19.3. The van der Waals surface area contributed by atoms with Crippen molar-refractivity contribution >= 4 is 24.8 Å². The standard InChI is InChI=1S/C19H21N2O5P/c1-4-25-27(24,26-5-2)19-15-14(17(22)20(3)18(15)23)16-13-9-7-6-8-12(13)10-11-21(16)19/h6-9H,4-5,10-11H2,1-3H3. The van der Waals surface area contributed by atoms with Crippen LogP contribution in [0.25, 0.3) is 11.3 Å². The molecule has 0 bridgehead atoms. The first-order valence-corrected chi connectivity index (χ1v) is 10.6. The first-order chi connectivity index (χ1) is 12.9. The van der Waals surface area contributed by atoms with Crippen LogP contribution in [0.5, 0.6) is 0 Å². The van der Waals surface area contributed by atoms with Gasteiger partial charge in [-0.15, -0.1) is 0 Å². The third-order valence-electron chi connectivity index (χ3n) is 5.01. The molecule has 0 saturated heterocycles. The van der Waals surface area contributed by atoms with Gasteiger partial charge in [-0.25, -0.2) is 0 Å². The van der Waals surface area contributed by atoms with Crippen LogP contribution < -0.4 is 5.44 Å². The van der Waals surface area contributed by atoms with Crippen molar-refractivity contribution in [1.29, 1.82) is 0 Å². The highest BCUT2D eigenvalue weighted by Gasteiger charge is 2.48. The normalized spacial score (nSPS) is 15.7. The average Bonchev–Trinajstić information content (AvgIpc) is 3.12. The van der Waals surface area contributed by atoms with Crippen LogP contribution in [0, 0.1) is 0 Å². The fourth-order valence-electron chi connectivity index (χ4n) is 3.93. The lowest BCUT2D eigenvalue weighted by Crippen LogP contribution is -2.32. The zero-order valence-electron chi connectivity index (χ0n) is 15.5. The van der Waals surface area contributed by atoms with Crippen LogP contribution in [0.15, 0.2) is 24.3 Å². The summed E-state index contributed by atoms with van der Waals surface area (Å²) in [5.74, 6) is -0.856. The molecule has 0 fully saturated rings. The van der Waals surface area contributed by atoms with Crippen molar-refractivity contribution in [2.75, 3.05) is 20.3 Å². The average molecular weight is 388 g/mol. The van der Waals surface area contributed by atoms with E-state index in [-0.39, 0.29) is 30.1 Å². The van der Waals surface area contributed by atoms with Crippen molar-refractivity contribution in [3.8, 4) is 11.3 Å². The van der Waals surface area contributed by atoms with Crippen LogP contribution in [-0.4, -0.2) is 41.5 Å². The number of rotatable bonds is 5. The maximum atomic E-state index is 13.6. The molecule has 0 radical (unpaired) electrons. The molecule has 2 aliphatic heterocycles. The predicted molar refractivity (Wildman–Crippen MR) is 100 cm³/mol. The van der Waals surface area contributed by atoms with Crippen LogP contribution >= 0.6 is 7.60 Å². The number of carbonyl (C=O) groups excluding carboxylic acids is 2. The third-order valence-corrected chi connectivity index (χ3v) is 7.19. The van der Waals surface area contributed by atoms with Crippen LogP contribution in [0.1, 0.15) is 40.1 Å². The second-order valence-electron chi connectivity index (χ2n) is 6.48. The molecular weight excluding hydrogens is 367 g/mol. The molecule has 0 atom stereocenters. The largest absolute Gasteiger partial charge is 0.378 e. The number of fused-ring (bicyclic) bond motifs is 5. The van der Waals surface area contributed by atoms with Crippen molar-refractivity contribution in [3.05, 3.63) is 41.0 Å². The number of aryl methyl sites for hydroxylation is 1. The van der Waals surface area contributed by atoms with Crippen molar-refractivity contribution in [2.45, 2.75) is 26.8 Å². The number of nitrogens with zero attached hydrogens (tertiary/aromatic N) is 2. The molecule has 7 nitrogen and oxygen atoms in total. The Bertz CT molecular complexity index is 1000. The first-order valence-electron chi connectivity index (χ1n) is 9.01. The Labute approximate surface area is 157 Å². The van der Waals surface area contributed by atoms with Gasteiger partial charge in [0.1, 0.15) is 5.44 Å². The van der Waals surface area contributed by atoms with E-state index in [4.69, 9.17) is 9.05 Å². The van der Waals surface area contributed by atoms with Gasteiger partial charge in [-0.1, -0.05) is 24.3 Å². The molecule has 27 heavy (non-hydrogen) atoms. The van der Waals surface area contributed by atoms with Crippen LogP contribution in [-0.2, 0) is 26.6 Å². The summed E-state index contributed by atoms with van der Waals surface area (Å²) in [5.41, 5.74) is 3.25. The minimum Gasteiger partial charge on any atom is -0.333 e.